The highest BCUT2D eigenvalue weighted by Crippen LogP contribution is 2.27. The smallest absolute Gasteiger partial charge is 0.250 e. The number of nitrogens with one attached hydrogen (secondary N) is 1. The van der Waals surface area contributed by atoms with Crippen LogP contribution < -0.4 is 10.9 Å². The standard InChI is InChI=1S/C25H27ClN4O2/c1-18(25(32)28-23-11-10-22(26)14-27-23)29-13-5-8-20(16-29)21-9-12-24(31)30(17-21)15-19-6-3-2-4-7-19/h2-4,6-7,9-12,14,17-18,20H,5,8,13,15-16H2,1H3,(H,27,28,32)/t18?,20-/m1/s1. The number of rotatable bonds is 6. The van der Waals surface area contributed by atoms with Crippen LogP contribution in [0.3, 0.4) is 0 Å². The molecular formula is C25H27ClN4O2. The number of nitrogens with zero attached hydrogens (tertiary/aromatic N) is 3. The van der Waals surface area contributed by atoms with Crippen LogP contribution in [0.4, 0.5) is 5.82 Å². The fourth-order valence-corrected chi connectivity index (χ4v) is 4.28. The van der Waals surface area contributed by atoms with Crippen molar-refractivity contribution >= 4 is 23.3 Å². The van der Waals surface area contributed by atoms with Gasteiger partial charge in [-0.1, -0.05) is 48.0 Å². The first-order valence-electron chi connectivity index (χ1n) is 10.9. The Morgan fingerprint density at radius 2 is 2.00 bits per heavy atom. The van der Waals surface area contributed by atoms with Crippen molar-refractivity contribution in [2.45, 2.75) is 38.3 Å². The monoisotopic (exact) mass is 450 g/mol. The summed E-state index contributed by atoms with van der Waals surface area (Å²) in [4.78, 5) is 31.5. The molecule has 1 aromatic carbocycles. The summed E-state index contributed by atoms with van der Waals surface area (Å²) in [6.07, 6.45) is 5.53. The Labute approximate surface area is 192 Å². The molecule has 0 radical (unpaired) electrons. The molecule has 1 aliphatic heterocycles. The summed E-state index contributed by atoms with van der Waals surface area (Å²) in [5.74, 6) is 0.678. The van der Waals surface area contributed by atoms with Gasteiger partial charge in [-0.3, -0.25) is 14.5 Å². The number of pyridine rings is 2. The zero-order valence-electron chi connectivity index (χ0n) is 18.1. The zero-order chi connectivity index (χ0) is 22.5. The molecular weight excluding hydrogens is 424 g/mol. The number of anilines is 1. The van der Waals surface area contributed by atoms with Gasteiger partial charge in [0, 0.05) is 25.0 Å². The third-order valence-corrected chi connectivity index (χ3v) is 6.26. The topological polar surface area (TPSA) is 67.2 Å². The molecule has 0 saturated carbocycles. The first-order chi connectivity index (χ1) is 15.5. The quantitative estimate of drug-likeness (QED) is 0.612. The van der Waals surface area contributed by atoms with Crippen molar-refractivity contribution in [2.24, 2.45) is 0 Å². The van der Waals surface area contributed by atoms with Crippen LogP contribution in [0, 0.1) is 0 Å². The lowest BCUT2D eigenvalue weighted by molar-refractivity contribution is -0.121. The molecule has 3 heterocycles. The van der Waals surface area contributed by atoms with E-state index in [4.69, 9.17) is 11.6 Å². The van der Waals surface area contributed by atoms with Gasteiger partial charge in [0.15, 0.2) is 0 Å². The molecule has 32 heavy (non-hydrogen) atoms. The lowest BCUT2D eigenvalue weighted by Gasteiger charge is -2.36. The maximum atomic E-state index is 12.8. The van der Waals surface area contributed by atoms with Gasteiger partial charge in [0.1, 0.15) is 5.82 Å². The van der Waals surface area contributed by atoms with Gasteiger partial charge in [0.25, 0.3) is 5.56 Å². The number of amides is 1. The Morgan fingerprint density at radius 3 is 2.75 bits per heavy atom. The molecule has 2 aromatic heterocycles. The summed E-state index contributed by atoms with van der Waals surface area (Å²) in [5.41, 5.74) is 2.23. The van der Waals surface area contributed by atoms with Gasteiger partial charge < -0.3 is 9.88 Å². The van der Waals surface area contributed by atoms with E-state index in [1.54, 1.807) is 22.8 Å². The molecule has 1 aliphatic rings. The summed E-state index contributed by atoms with van der Waals surface area (Å²) >= 11 is 5.87. The van der Waals surface area contributed by atoms with Crippen molar-refractivity contribution in [1.29, 1.82) is 0 Å². The number of hydrogen-bond donors (Lipinski definition) is 1. The van der Waals surface area contributed by atoms with Crippen molar-refractivity contribution in [3.63, 3.8) is 0 Å². The Bertz CT molecular complexity index is 1110. The molecule has 7 heteroatoms. The molecule has 1 fully saturated rings. The third-order valence-electron chi connectivity index (χ3n) is 6.03. The van der Waals surface area contributed by atoms with Gasteiger partial charge in [-0.05, 0) is 55.5 Å². The average Bonchev–Trinajstić information content (AvgIpc) is 2.82. The molecule has 166 valence electrons. The average molecular weight is 451 g/mol. The highest BCUT2D eigenvalue weighted by molar-refractivity contribution is 6.30. The van der Waals surface area contributed by atoms with Crippen molar-refractivity contribution in [3.05, 3.63) is 93.5 Å². The Balaban J connectivity index is 1.44. The van der Waals surface area contributed by atoms with Crippen LogP contribution in [0.5, 0.6) is 0 Å². The highest BCUT2D eigenvalue weighted by atomic mass is 35.5. The molecule has 3 aromatic rings. The summed E-state index contributed by atoms with van der Waals surface area (Å²) < 4.78 is 1.77. The van der Waals surface area contributed by atoms with E-state index in [1.165, 1.54) is 6.20 Å². The number of hydrogen-bond acceptors (Lipinski definition) is 4. The Hall–Kier alpha value is -2.96. The summed E-state index contributed by atoms with van der Waals surface area (Å²) in [6.45, 7) is 4.11. The number of piperidine rings is 1. The van der Waals surface area contributed by atoms with Crippen LogP contribution in [0.2, 0.25) is 5.02 Å². The molecule has 0 bridgehead atoms. The number of carbonyl (C=O) groups is 1. The van der Waals surface area contributed by atoms with Crippen LogP contribution in [0.15, 0.2) is 71.8 Å². The van der Waals surface area contributed by atoms with E-state index >= 15 is 0 Å². The van der Waals surface area contributed by atoms with Gasteiger partial charge in [-0.25, -0.2) is 4.98 Å². The van der Waals surface area contributed by atoms with Crippen LogP contribution in [-0.2, 0) is 11.3 Å². The maximum absolute atomic E-state index is 12.8. The molecule has 1 amide bonds. The first-order valence-corrected chi connectivity index (χ1v) is 11.3. The van der Waals surface area contributed by atoms with Crippen molar-refractivity contribution in [3.8, 4) is 0 Å². The highest BCUT2D eigenvalue weighted by Gasteiger charge is 2.28. The van der Waals surface area contributed by atoms with Crippen molar-refractivity contribution in [2.75, 3.05) is 18.4 Å². The van der Waals surface area contributed by atoms with E-state index in [0.717, 1.165) is 37.1 Å². The number of aromatic nitrogens is 2. The van der Waals surface area contributed by atoms with Crippen LogP contribution in [0.1, 0.15) is 36.8 Å². The number of likely N-dealkylation sites (tertiary alicyclic amines) is 1. The van der Waals surface area contributed by atoms with E-state index in [9.17, 15) is 9.59 Å². The molecule has 1 unspecified atom stereocenters. The van der Waals surface area contributed by atoms with Crippen LogP contribution in [0.25, 0.3) is 0 Å². The molecule has 0 aliphatic carbocycles. The minimum absolute atomic E-state index is 0.00604. The lowest BCUT2D eigenvalue weighted by atomic mass is 9.91. The minimum Gasteiger partial charge on any atom is -0.311 e. The molecule has 1 saturated heterocycles. The number of carbonyl (C=O) groups excluding carboxylic acids is 1. The summed E-state index contributed by atoms with van der Waals surface area (Å²) in [6, 6.07) is 16.7. The molecule has 0 spiro atoms. The lowest BCUT2D eigenvalue weighted by Crippen LogP contribution is -2.46. The van der Waals surface area contributed by atoms with Crippen LogP contribution in [-0.4, -0.2) is 39.5 Å². The van der Waals surface area contributed by atoms with E-state index in [-0.39, 0.29) is 23.4 Å². The van der Waals surface area contributed by atoms with Gasteiger partial charge in [-0.2, -0.15) is 0 Å². The Morgan fingerprint density at radius 1 is 1.19 bits per heavy atom. The number of halogens is 1. The zero-order valence-corrected chi connectivity index (χ0v) is 18.8. The Kier molecular flexibility index (Phi) is 7.02. The fourth-order valence-electron chi connectivity index (χ4n) is 4.17. The normalized spacial score (nSPS) is 17.6. The molecule has 2 atom stereocenters. The fraction of sp³-hybridized carbons (Fsp3) is 0.320. The molecule has 6 nitrogen and oxygen atoms in total. The van der Waals surface area contributed by atoms with E-state index in [0.29, 0.717) is 17.4 Å². The van der Waals surface area contributed by atoms with Crippen molar-refractivity contribution < 1.29 is 4.79 Å². The second-order valence-electron chi connectivity index (χ2n) is 8.28. The SMILES string of the molecule is CC(C(=O)Nc1ccc(Cl)cn1)N1CCC[C@@H](c2ccc(=O)n(Cc3ccccc3)c2)C1. The largest absolute Gasteiger partial charge is 0.311 e. The number of benzene rings is 1. The first kappa shape index (κ1) is 22.2. The predicted molar refractivity (Wildman–Crippen MR) is 127 cm³/mol. The van der Waals surface area contributed by atoms with E-state index in [2.05, 4.69) is 15.2 Å². The van der Waals surface area contributed by atoms with Gasteiger partial charge >= 0.3 is 0 Å². The minimum atomic E-state index is -0.287. The van der Waals surface area contributed by atoms with E-state index in [1.807, 2.05) is 49.5 Å². The third kappa shape index (κ3) is 5.44. The summed E-state index contributed by atoms with van der Waals surface area (Å²) in [5, 5.41) is 3.40. The summed E-state index contributed by atoms with van der Waals surface area (Å²) in [7, 11) is 0. The van der Waals surface area contributed by atoms with Crippen LogP contribution >= 0.6 is 11.6 Å². The van der Waals surface area contributed by atoms with E-state index < -0.39 is 0 Å². The molecule has 1 N–H and O–H groups in total. The van der Waals surface area contributed by atoms with Crippen molar-refractivity contribution in [1.82, 2.24) is 14.5 Å². The molecule has 4 rings (SSSR count). The predicted octanol–water partition coefficient (Wildman–Crippen LogP) is 4.15. The van der Waals surface area contributed by atoms with Gasteiger partial charge in [-0.15, -0.1) is 0 Å². The maximum Gasteiger partial charge on any atom is 0.250 e. The second kappa shape index (κ2) is 10.1. The van der Waals surface area contributed by atoms with Gasteiger partial charge in [0.05, 0.1) is 17.6 Å². The second-order valence-corrected chi connectivity index (χ2v) is 8.71. The van der Waals surface area contributed by atoms with Gasteiger partial charge in [0.2, 0.25) is 5.91 Å².